The van der Waals surface area contributed by atoms with Gasteiger partial charge in [0.25, 0.3) is 0 Å². The Labute approximate surface area is 113 Å². The summed E-state index contributed by atoms with van der Waals surface area (Å²) in [4.78, 5) is 11.5. The fourth-order valence-corrected chi connectivity index (χ4v) is 1.65. The Balaban J connectivity index is 1.74. The molecule has 3 heteroatoms. The largest absolute Gasteiger partial charge is 0.445 e. The van der Waals surface area contributed by atoms with Crippen molar-refractivity contribution in [2.24, 2.45) is 0 Å². The van der Waals surface area contributed by atoms with Crippen LogP contribution in [0.5, 0.6) is 0 Å². The molecule has 0 aliphatic heterocycles. The zero-order chi connectivity index (χ0) is 13.5. The van der Waals surface area contributed by atoms with Crippen molar-refractivity contribution in [2.75, 3.05) is 0 Å². The van der Waals surface area contributed by atoms with E-state index < -0.39 is 6.09 Å². The van der Waals surface area contributed by atoms with Crippen LogP contribution >= 0.6 is 0 Å². The first kappa shape index (κ1) is 13.1. The molecule has 0 radical (unpaired) electrons. The van der Waals surface area contributed by atoms with Gasteiger partial charge in [0.1, 0.15) is 6.61 Å². The molecule has 3 nitrogen and oxygen atoms in total. The van der Waals surface area contributed by atoms with Gasteiger partial charge in [-0.25, -0.2) is 4.79 Å². The van der Waals surface area contributed by atoms with E-state index in [-0.39, 0.29) is 0 Å². The molecule has 1 amide bonds. The van der Waals surface area contributed by atoms with Gasteiger partial charge in [-0.2, -0.15) is 0 Å². The molecule has 0 aliphatic carbocycles. The third-order valence-corrected chi connectivity index (χ3v) is 2.77. The maximum absolute atomic E-state index is 11.5. The minimum atomic E-state index is -0.399. The number of benzene rings is 2. The summed E-state index contributed by atoms with van der Waals surface area (Å²) in [5.74, 6) is 0. The lowest BCUT2D eigenvalue weighted by molar-refractivity contribution is 0.139. The smallest absolute Gasteiger partial charge is 0.407 e. The van der Waals surface area contributed by atoms with E-state index in [9.17, 15) is 4.79 Å². The van der Waals surface area contributed by atoms with Gasteiger partial charge >= 0.3 is 6.09 Å². The molecule has 0 aromatic heterocycles. The number of alkyl carbamates (subject to hydrolysis) is 1. The van der Waals surface area contributed by atoms with Crippen molar-refractivity contribution in [2.45, 2.75) is 20.1 Å². The molecule has 2 aromatic rings. The van der Waals surface area contributed by atoms with Crippen LogP contribution in [-0.2, 0) is 17.9 Å². The van der Waals surface area contributed by atoms with Crippen LogP contribution in [0.25, 0.3) is 0 Å². The second-order valence-electron chi connectivity index (χ2n) is 4.40. The maximum atomic E-state index is 11.5. The Kier molecular flexibility index (Phi) is 4.56. The molecular formula is C16H17NO2. The molecule has 2 rings (SSSR count). The fourth-order valence-electron chi connectivity index (χ4n) is 1.65. The summed E-state index contributed by atoms with van der Waals surface area (Å²) in [6.07, 6.45) is -0.399. The van der Waals surface area contributed by atoms with Gasteiger partial charge in [-0.15, -0.1) is 0 Å². The number of rotatable bonds is 4. The second-order valence-corrected chi connectivity index (χ2v) is 4.40. The van der Waals surface area contributed by atoms with Gasteiger partial charge < -0.3 is 10.1 Å². The molecule has 98 valence electrons. The average molecular weight is 255 g/mol. The van der Waals surface area contributed by atoms with Crippen LogP contribution in [0, 0.1) is 6.92 Å². The van der Waals surface area contributed by atoms with Crippen molar-refractivity contribution in [1.29, 1.82) is 0 Å². The first-order valence-electron chi connectivity index (χ1n) is 6.24. The fraction of sp³-hybridized carbons (Fsp3) is 0.188. The molecule has 0 atom stereocenters. The van der Waals surface area contributed by atoms with Crippen LogP contribution in [0.15, 0.2) is 54.6 Å². The maximum Gasteiger partial charge on any atom is 0.407 e. The minimum Gasteiger partial charge on any atom is -0.445 e. The van der Waals surface area contributed by atoms with Crippen LogP contribution in [0.1, 0.15) is 16.7 Å². The van der Waals surface area contributed by atoms with Crippen molar-refractivity contribution < 1.29 is 9.53 Å². The number of hydrogen-bond donors (Lipinski definition) is 1. The second kappa shape index (κ2) is 6.59. The van der Waals surface area contributed by atoms with Gasteiger partial charge in [-0.1, -0.05) is 60.2 Å². The number of carbonyl (C=O) groups is 1. The molecule has 2 aromatic carbocycles. The Bertz CT molecular complexity index is 520. The normalized spacial score (nSPS) is 9.95. The van der Waals surface area contributed by atoms with E-state index in [1.165, 1.54) is 5.56 Å². The highest BCUT2D eigenvalue weighted by atomic mass is 16.5. The first-order chi connectivity index (χ1) is 9.24. The number of hydrogen-bond acceptors (Lipinski definition) is 2. The lowest BCUT2D eigenvalue weighted by atomic mass is 10.2. The van der Waals surface area contributed by atoms with Gasteiger partial charge in [0.05, 0.1) is 0 Å². The van der Waals surface area contributed by atoms with E-state index in [0.29, 0.717) is 13.2 Å². The van der Waals surface area contributed by atoms with E-state index in [4.69, 9.17) is 4.74 Å². The lowest BCUT2D eigenvalue weighted by Gasteiger charge is -2.07. The Morgan fingerprint density at radius 3 is 2.37 bits per heavy atom. The monoisotopic (exact) mass is 255 g/mol. The molecule has 0 unspecified atom stereocenters. The van der Waals surface area contributed by atoms with Gasteiger partial charge in [0, 0.05) is 6.54 Å². The highest BCUT2D eigenvalue weighted by Crippen LogP contribution is 2.04. The SMILES string of the molecule is Cc1ccc(COC(=O)NCc2ccccc2)cc1. The Hall–Kier alpha value is -2.29. The van der Waals surface area contributed by atoms with Crippen LogP contribution in [0.3, 0.4) is 0 Å². The molecular weight excluding hydrogens is 238 g/mol. The lowest BCUT2D eigenvalue weighted by Crippen LogP contribution is -2.23. The van der Waals surface area contributed by atoms with Crippen LogP contribution in [-0.4, -0.2) is 6.09 Å². The third kappa shape index (κ3) is 4.47. The zero-order valence-corrected chi connectivity index (χ0v) is 10.9. The van der Waals surface area contributed by atoms with Gasteiger partial charge in [0.15, 0.2) is 0 Å². The zero-order valence-electron chi connectivity index (χ0n) is 10.9. The van der Waals surface area contributed by atoms with Crippen molar-refractivity contribution in [1.82, 2.24) is 5.32 Å². The number of aryl methyl sites for hydroxylation is 1. The topological polar surface area (TPSA) is 38.3 Å². The average Bonchev–Trinajstić information content (AvgIpc) is 2.45. The summed E-state index contributed by atoms with van der Waals surface area (Å²) < 4.78 is 5.14. The third-order valence-electron chi connectivity index (χ3n) is 2.77. The summed E-state index contributed by atoms with van der Waals surface area (Å²) in [6, 6.07) is 17.7. The summed E-state index contributed by atoms with van der Waals surface area (Å²) in [7, 11) is 0. The molecule has 0 heterocycles. The van der Waals surface area contributed by atoms with Gasteiger partial charge in [0.2, 0.25) is 0 Å². The first-order valence-corrected chi connectivity index (χ1v) is 6.24. The van der Waals surface area contributed by atoms with Crippen LogP contribution in [0.4, 0.5) is 4.79 Å². The molecule has 19 heavy (non-hydrogen) atoms. The molecule has 0 bridgehead atoms. The number of nitrogens with one attached hydrogen (secondary N) is 1. The predicted octanol–water partition coefficient (Wildman–Crippen LogP) is 3.42. The quantitative estimate of drug-likeness (QED) is 0.909. The van der Waals surface area contributed by atoms with E-state index in [1.54, 1.807) is 0 Å². The molecule has 0 saturated carbocycles. The highest BCUT2D eigenvalue weighted by Gasteiger charge is 2.02. The van der Waals surface area contributed by atoms with Crippen molar-refractivity contribution in [3.8, 4) is 0 Å². The molecule has 0 fully saturated rings. The minimum absolute atomic E-state index is 0.293. The summed E-state index contributed by atoms with van der Waals surface area (Å²) in [5.41, 5.74) is 3.23. The number of ether oxygens (including phenoxy) is 1. The highest BCUT2D eigenvalue weighted by molar-refractivity contribution is 5.67. The molecule has 0 aliphatic rings. The van der Waals surface area contributed by atoms with Crippen molar-refractivity contribution in [3.05, 3.63) is 71.3 Å². The molecule has 0 saturated heterocycles. The number of carbonyl (C=O) groups excluding carboxylic acids is 1. The van der Waals surface area contributed by atoms with E-state index in [1.807, 2.05) is 61.5 Å². The molecule has 0 spiro atoms. The number of amides is 1. The summed E-state index contributed by atoms with van der Waals surface area (Å²) >= 11 is 0. The molecule has 1 N–H and O–H groups in total. The van der Waals surface area contributed by atoms with Gasteiger partial charge in [-0.05, 0) is 18.1 Å². The summed E-state index contributed by atoms with van der Waals surface area (Å²) in [5, 5.41) is 2.72. The predicted molar refractivity (Wildman–Crippen MR) is 74.6 cm³/mol. The summed E-state index contributed by atoms with van der Waals surface area (Å²) in [6.45, 7) is 2.80. The van der Waals surface area contributed by atoms with Crippen molar-refractivity contribution in [3.63, 3.8) is 0 Å². The standard InChI is InChI=1S/C16H17NO2/c1-13-7-9-15(10-8-13)12-19-16(18)17-11-14-5-3-2-4-6-14/h2-10H,11-12H2,1H3,(H,17,18). The Morgan fingerprint density at radius 1 is 1.00 bits per heavy atom. The van der Waals surface area contributed by atoms with Crippen LogP contribution < -0.4 is 5.32 Å². The Morgan fingerprint density at radius 2 is 1.68 bits per heavy atom. The van der Waals surface area contributed by atoms with Crippen molar-refractivity contribution >= 4 is 6.09 Å². The van der Waals surface area contributed by atoms with E-state index >= 15 is 0 Å². The van der Waals surface area contributed by atoms with E-state index in [2.05, 4.69) is 5.32 Å². The van der Waals surface area contributed by atoms with Gasteiger partial charge in [-0.3, -0.25) is 0 Å². The van der Waals surface area contributed by atoms with Crippen LogP contribution in [0.2, 0.25) is 0 Å². The van der Waals surface area contributed by atoms with E-state index in [0.717, 1.165) is 11.1 Å².